The number of nitrogens with zero attached hydrogens (tertiary/aromatic N) is 1. The number of nitro benzene ring substituents is 1. The molecule has 4 aromatic rings. The number of amides is 3. The molecular weight excluding hydrogens is 611 g/mol. The maximum atomic E-state index is 13.3. The van der Waals surface area contributed by atoms with Crippen molar-refractivity contribution in [3.05, 3.63) is 134 Å². The number of carbonyl (C=O) groups is 3. The summed E-state index contributed by atoms with van der Waals surface area (Å²) < 4.78 is 0. The first kappa shape index (κ1) is 31.3. The minimum atomic E-state index is -0.600. The highest BCUT2D eigenvalue weighted by Gasteiger charge is 2.17. The van der Waals surface area contributed by atoms with Crippen molar-refractivity contribution < 1.29 is 19.3 Å². The highest BCUT2D eigenvalue weighted by Crippen LogP contribution is 2.28. The molecule has 218 valence electrons. The monoisotopic (exact) mass is 634 g/mol. The van der Waals surface area contributed by atoms with Crippen LogP contribution in [0.3, 0.4) is 0 Å². The number of non-ortho nitro benzene ring substituents is 1. The molecule has 0 aliphatic rings. The molecule has 1 atom stereocenters. The summed E-state index contributed by atoms with van der Waals surface area (Å²) in [6.07, 6.45) is 1.43. The molecular formula is C31H24Cl2N4O5S. The Morgan fingerprint density at radius 1 is 0.837 bits per heavy atom. The van der Waals surface area contributed by atoms with Crippen LogP contribution in [0.25, 0.3) is 6.08 Å². The van der Waals surface area contributed by atoms with E-state index in [1.807, 2.05) is 0 Å². The van der Waals surface area contributed by atoms with Crippen molar-refractivity contribution in [3.63, 3.8) is 0 Å². The smallest absolute Gasteiger partial charge is 0.272 e. The molecule has 0 aliphatic heterocycles. The first-order chi connectivity index (χ1) is 20.6. The van der Waals surface area contributed by atoms with E-state index in [0.29, 0.717) is 32.5 Å². The number of halogens is 2. The molecule has 9 nitrogen and oxygen atoms in total. The molecule has 0 bridgehead atoms. The lowest BCUT2D eigenvalue weighted by atomic mass is 10.1. The van der Waals surface area contributed by atoms with Gasteiger partial charge in [-0.2, -0.15) is 0 Å². The summed E-state index contributed by atoms with van der Waals surface area (Å²) in [6.45, 7) is 1.76. The topological polar surface area (TPSA) is 130 Å². The molecule has 0 fully saturated rings. The predicted molar refractivity (Wildman–Crippen MR) is 170 cm³/mol. The highest BCUT2D eigenvalue weighted by atomic mass is 35.5. The van der Waals surface area contributed by atoms with Crippen LogP contribution in [0, 0.1) is 10.1 Å². The zero-order chi connectivity index (χ0) is 30.9. The van der Waals surface area contributed by atoms with Gasteiger partial charge in [-0.15, -0.1) is 11.8 Å². The SMILES string of the molecule is CC(Sc1ccc(NC(=O)/C(=C/c2ccc([N+](=O)[O-])cc2)NC(=O)c2ccccc2)cc1)C(=O)Nc1ccc(Cl)c(Cl)c1. The molecule has 0 saturated carbocycles. The van der Waals surface area contributed by atoms with Crippen molar-refractivity contribution in [2.45, 2.75) is 17.1 Å². The molecule has 3 amide bonds. The third kappa shape index (κ3) is 8.92. The van der Waals surface area contributed by atoms with Gasteiger partial charge in [0.25, 0.3) is 17.5 Å². The van der Waals surface area contributed by atoms with Gasteiger partial charge in [-0.05, 0) is 85.3 Å². The van der Waals surface area contributed by atoms with Crippen LogP contribution in [0.2, 0.25) is 10.0 Å². The summed E-state index contributed by atoms with van der Waals surface area (Å²) in [5.74, 6) is -1.32. The molecule has 43 heavy (non-hydrogen) atoms. The highest BCUT2D eigenvalue weighted by molar-refractivity contribution is 8.00. The number of thioether (sulfide) groups is 1. The number of nitro groups is 1. The van der Waals surface area contributed by atoms with E-state index < -0.39 is 22.0 Å². The van der Waals surface area contributed by atoms with Gasteiger partial charge in [-0.3, -0.25) is 24.5 Å². The van der Waals surface area contributed by atoms with E-state index in [0.717, 1.165) is 4.90 Å². The van der Waals surface area contributed by atoms with Gasteiger partial charge in [0.15, 0.2) is 0 Å². The van der Waals surface area contributed by atoms with E-state index in [2.05, 4.69) is 16.0 Å². The van der Waals surface area contributed by atoms with Crippen LogP contribution < -0.4 is 16.0 Å². The number of carbonyl (C=O) groups excluding carboxylic acids is 3. The first-order valence-corrected chi connectivity index (χ1v) is 14.4. The van der Waals surface area contributed by atoms with Crippen LogP contribution in [0.4, 0.5) is 17.1 Å². The Kier molecular flexibility index (Phi) is 10.6. The lowest BCUT2D eigenvalue weighted by Crippen LogP contribution is -2.30. The van der Waals surface area contributed by atoms with Crippen LogP contribution in [0.5, 0.6) is 0 Å². The van der Waals surface area contributed by atoms with Crippen molar-refractivity contribution in [2.75, 3.05) is 10.6 Å². The number of rotatable bonds is 10. The van der Waals surface area contributed by atoms with Crippen LogP contribution >= 0.6 is 35.0 Å². The third-order valence-corrected chi connectivity index (χ3v) is 7.78. The first-order valence-electron chi connectivity index (χ1n) is 12.8. The summed E-state index contributed by atoms with van der Waals surface area (Å²) in [5.41, 5.74) is 1.64. The van der Waals surface area contributed by atoms with E-state index >= 15 is 0 Å². The van der Waals surface area contributed by atoms with E-state index in [9.17, 15) is 24.5 Å². The summed E-state index contributed by atoms with van der Waals surface area (Å²) in [4.78, 5) is 50.0. The summed E-state index contributed by atoms with van der Waals surface area (Å²) in [7, 11) is 0. The minimum absolute atomic E-state index is 0.0613. The van der Waals surface area contributed by atoms with E-state index in [1.165, 1.54) is 42.1 Å². The Morgan fingerprint density at radius 3 is 2.12 bits per heavy atom. The number of benzene rings is 4. The van der Waals surface area contributed by atoms with Gasteiger partial charge in [-0.1, -0.05) is 41.4 Å². The maximum absolute atomic E-state index is 13.3. The molecule has 4 rings (SSSR count). The second-order valence-electron chi connectivity index (χ2n) is 9.08. The van der Waals surface area contributed by atoms with Gasteiger partial charge < -0.3 is 16.0 Å². The fourth-order valence-electron chi connectivity index (χ4n) is 3.69. The van der Waals surface area contributed by atoms with E-state index in [4.69, 9.17) is 23.2 Å². The Hall–Kier alpha value is -4.64. The van der Waals surface area contributed by atoms with Crippen LogP contribution in [-0.2, 0) is 9.59 Å². The standard InChI is InChI=1S/C31H24Cl2N4O5S/c1-19(29(38)35-23-11-16-26(32)27(33)18-23)43-25-14-9-22(10-15-25)34-31(40)28(36-30(39)21-5-3-2-4-6-21)17-20-7-12-24(13-8-20)37(41)42/h2-19H,1H3,(H,34,40)(H,35,38)(H,36,39)/b28-17-. The van der Waals surface area contributed by atoms with E-state index in [1.54, 1.807) is 79.7 Å². The van der Waals surface area contributed by atoms with Gasteiger partial charge in [0.2, 0.25) is 5.91 Å². The van der Waals surface area contributed by atoms with Gasteiger partial charge in [0, 0.05) is 34.0 Å². The number of hydrogen-bond donors (Lipinski definition) is 3. The summed E-state index contributed by atoms with van der Waals surface area (Å²) in [6, 6.07) is 25.6. The molecule has 0 aliphatic carbocycles. The zero-order valence-electron chi connectivity index (χ0n) is 22.5. The fraction of sp³-hybridized carbons (Fsp3) is 0.0645. The van der Waals surface area contributed by atoms with Crippen molar-refractivity contribution in [1.29, 1.82) is 0 Å². The average Bonchev–Trinajstić information content (AvgIpc) is 3.00. The molecule has 3 N–H and O–H groups in total. The number of hydrogen-bond acceptors (Lipinski definition) is 6. The molecule has 12 heteroatoms. The Labute approximate surface area is 261 Å². The average molecular weight is 636 g/mol. The van der Waals surface area contributed by atoms with Crippen LogP contribution in [0.15, 0.2) is 108 Å². The van der Waals surface area contributed by atoms with Crippen molar-refractivity contribution in [3.8, 4) is 0 Å². The lowest BCUT2D eigenvalue weighted by Gasteiger charge is -2.14. The van der Waals surface area contributed by atoms with Crippen molar-refractivity contribution >= 4 is 75.8 Å². The second-order valence-corrected chi connectivity index (χ2v) is 11.3. The molecule has 4 aromatic carbocycles. The fourth-order valence-corrected chi connectivity index (χ4v) is 4.86. The van der Waals surface area contributed by atoms with Gasteiger partial charge in [0.1, 0.15) is 5.70 Å². The molecule has 0 saturated heterocycles. The van der Waals surface area contributed by atoms with Crippen molar-refractivity contribution in [1.82, 2.24) is 5.32 Å². The third-order valence-electron chi connectivity index (χ3n) is 5.93. The number of nitrogens with one attached hydrogen (secondary N) is 3. The quantitative estimate of drug-likeness (QED) is 0.0719. The molecule has 0 aromatic heterocycles. The van der Waals surface area contributed by atoms with Gasteiger partial charge >= 0.3 is 0 Å². The Bertz CT molecular complexity index is 1680. The van der Waals surface area contributed by atoms with Crippen molar-refractivity contribution in [2.24, 2.45) is 0 Å². The van der Waals surface area contributed by atoms with Gasteiger partial charge in [-0.25, -0.2) is 0 Å². The molecule has 1 unspecified atom stereocenters. The summed E-state index contributed by atoms with van der Waals surface area (Å²) >= 11 is 13.3. The lowest BCUT2D eigenvalue weighted by molar-refractivity contribution is -0.384. The van der Waals surface area contributed by atoms with Crippen LogP contribution in [-0.4, -0.2) is 27.9 Å². The molecule has 0 radical (unpaired) electrons. The maximum Gasteiger partial charge on any atom is 0.272 e. The largest absolute Gasteiger partial charge is 0.325 e. The predicted octanol–water partition coefficient (Wildman–Crippen LogP) is 7.43. The Morgan fingerprint density at radius 2 is 1.49 bits per heavy atom. The normalized spacial score (nSPS) is 11.7. The van der Waals surface area contributed by atoms with Gasteiger partial charge in [0.05, 0.1) is 20.2 Å². The molecule has 0 spiro atoms. The molecule has 0 heterocycles. The zero-order valence-corrected chi connectivity index (χ0v) is 24.9. The van der Waals surface area contributed by atoms with E-state index in [-0.39, 0.29) is 17.3 Å². The number of anilines is 2. The minimum Gasteiger partial charge on any atom is -0.325 e. The van der Waals surface area contributed by atoms with Crippen LogP contribution in [0.1, 0.15) is 22.8 Å². The second kappa shape index (κ2) is 14.5. The Balaban J connectivity index is 1.44. The summed E-state index contributed by atoms with van der Waals surface area (Å²) in [5, 5.41) is 19.5.